The molecule has 2 aromatic rings. The first-order chi connectivity index (χ1) is 10.8. The van der Waals surface area contributed by atoms with E-state index in [1.807, 2.05) is 13.8 Å². The van der Waals surface area contributed by atoms with Gasteiger partial charge in [0, 0.05) is 24.8 Å². The van der Waals surface area contributed by atoms with Gasteiger partial charge in [-0.2, -0.15) is 0 Å². The third-order valence-electron chi connectivity index (χ3n) is 2.95. The molecule has 23 heavy (non-hydrogen) atoms. The van der Waals surface area contributed by atoms with Gasteiger partial charge in [-0.15, -0.1) is 4.72 Å². The van der Waals surface area contributed by atoms with E-state index in [1.54, 1.807) is 23.9 Å². The smallest absolute Gasteiger partial charge is 0.272 e. The molecule has 0 saturated carbocycles. The molecule has 2 N–H and O–H groups in total. The largest absolute Gasteiger partial charge is 0.593 e. The van der Waals surface area contributed by atoms with E-state index in [0.717, 1.165) is 0 Å². The van der Waals surface area contributed by atoms with E-state index >= 15 is 0 Å². The molecule has 0 aliphatic heterocycles. The predicted octanol–water partition coefficient (Wildman–Crippen LogP) is 3.09. The lowest BCUT2D eigenvalue weighted by atomic mass is 10.3. The van der Waals surface area contributed by atoms with Gasteiger partial charge in [0.05, 0.1) is 22.6 Å². The van der Waals surface area contributed by atoms with E-state index in [2.05, 4.69) is 10.0 Å². The lowest BCUT2D eigenvalue weighted by molar-refractivity contribution is 0.101. The summed E-state index contributed by atoms with van der Waals surface area (Å²) in [4.78, 5) is 12.8. The number of carbonyl (C=O) groups is 1. The Kier molecular flexibility index (Phi) is 5.69. The van der Waals surface area contributed by atoms with Gasteiger partial charge in [-0.25, -0.2) is 4.39 Å². The Labute approximate surface area is 142 Å². The zero-order valence-electron chi connectivity index (χ0n) is 12.9. The first-order valence-corrected chi connectivity index (χ1v) is 8.41. The summed E-state index contributed by atoms with van der Waals surface area (Å²) >= 11 is 4.29. The zero-order chi connectivity index (χ0) is 17.1. The Hall–Kier alpha value is -1.54. The SMILES string of the molecule is CC(C)N[S+]([O-])c1cc(C(=O)Nc2ccc(F)c(Cl)c2)n(C)c1. The Balaban J connectivity index is 2.16. The van der Waals surface area contributed by atoms with E-state index in [1.165, 1.54) is 18.2 Å². The zero-order valence-corrected chi connectivity index (χ0v) is 14.5. The van der Waals surface area contributed by atoms with Crippen LogP contribution in [0, 0.1) is 5.82 Å². The third-order valence-corrected chi connectivity index (χ3v) is 4.57. The van der Waals surface area contributed by atoms with Gasteiger partial charge >= 0.3 is 0 Å². The Morgan fingerprint density at radius 3 is 2.70 bits per heavy atom. The van der Waals surface area contributed by atoms with Crippen LogP contribution in [0.4, 0.5) is 10.1 Å². The van der Waals surface area contributed by atoms with Crippen LogP contribution in [-0.4, -0.2) is 21.1 Å². The molecular weight excluding hydrogens is 341 g/mol. The maximum atomic E-state index is 13.1. The van der Waals surface area contributed by atoms with Crippen LogP contribution in [0.5, 0.6) is 0 Å². The first kappa shape index (κ1) is 17.8. The van der Waals surface area contributed by atoms with Crippen LogP contribution in [0.1, 0.15) is 24.3 Å². The highest BCUT2D eigenvalue weighted by Gasteiger charge is 2.20. The van der Waals surface area contributed by atoms with Gasteiger partial charge in [-0.3, -0.25) is 4.79 Å². The number of anilines is 1. The molecule has 1 heterocycles. The fourth-order valence-electron chi connectivity index (χ4n) is 1.91. The van der Waals surface area contributed by atoms with Gasteiger partial charge in [-0.1, -0.05) is 11.6 Å². The molecule has 1 atom stereocenters. The second-order valence-electron chi connectivity index (χ2n) is 5.30. The molecule has 1 amide bonds. The number of aryl methyl sites for hydroxylation is 1. The van der Waals surface area contributed by atoms with Crippen molar-refractivity contribution in [3.8, 4) is 0 Å². The number of aromatic nitrogens is 1. The van der Waals surface area contributed by atoms with Gasteiger partial charge < -0.3 is 14.4 Å². The average molecular weight is 358 g/mol. The Morgan fingerprint density at radius 2 is 2.09 bits per heavy atom. The maximum absolute atomic E-state index is 13.1. The minimum absolute atomic E-state index is 0.0506. The third kappa shape index (κ3) is 4.48. The summed E-state index contributed by atoms with van der Waals surface area (Å²) in [5.41, 5.74) is 0.713. The highest BCUT2D eigenvalue weighted by atomic mass is 35.5. The highest BCUT2D eigenvalue weighted by Crippen LogP contribution is 2.21. The summed E-state index contributed by atoms with van der Waals surface area (Å²) in [5, 5.41) is 2.56. The van der Waals surface area contributed by atoms with Gasteiger partial charge in [0.25, 0.3) is 5.91 Å². The molecule has 8 heteroatoms. The Bertz CT molecular complexity index is 721. The predicted molar refractivity (Wildman–Crippen MR) is 89.5 cm³/mol. The van der Waals surface area contributed by atoms with Crippen molar-refractivity contribution in [2.24, 2.45) is 7.05 Å². The summed E-state index contributed by atoms with van der Waals surface area (Å²) in [7, 11) is 1.68. The second kappa shape index (κ2) is 7.35. The number of hydrogen-bond donors (Lipinski definition) is 2. The molecule has 1 aromatic heterocycles. The van der Waals surface area contributed by atoms with Gasteiger partial charge in [0.1, 0.15) is 11.5 Å². The van der Waals surface area contributed by atoms with Crippen molar-refractivity contribution >= 4 is 34.6 Å². The number of rotatable bonds is 5. The van der Waals surface area contributed by atoms with Crippen molar-refractivity contribution in [2.45, 2.75) is 24.8 Å². The van der Waals surface area contributed by atoms with Gasteiger partial charge in [0.15, 0.2) is 4.90 Å². The van der Waals surface area contributed by atoms with Crippen molar-refractivity contribution in [3.05, 3.63) is 47.0 Å². The molecule has 0 aliphatic carbocycles. The van der Waals surface area contributed by atoms with Crippen LogP contribution < -0.4 is 10.0 Å². The van der Waals surface area contributed by atoms with E-state index in [-0.39, 0.29) is 11.1 Å². The minimum Gasteiger partial charge on any atom is -0.593 e. The lowest BCUT2D eigenvalue weighted by Crippen LogP contribution is -2.30. The first-order valence-electron chi connectivity index (χ1n) is 6.88. The monoisotopic (exact) mass is 357 g/mol. The van der Waals surface area contributed by atoms with E-state index in [4.69, 9.17) is 11.6 Å². The van der Waals surface area contributed by atoms with Crippen molar-refractivity contribution in [2.75, 3.05) is 5.32 Å². The van der Waals surface area contributed by atoms with Crippen molar-refractivity contribution in [1.82, 2.24) is 9.29 Å². The fraction of sp³-hybridized carbons (Fsp3) is 0.267. The quantitative estimate of drug-likeness (QED) is 0.808. The molecule has 0 spiro atoms. The fourth-order valence-corrected chi connectivity index (χ4v) is 3.13. The van der Waals surface area contributed by atoms with Crippen LogP contribution in [0.15, 0.2) is 35.4 Å². The van der Waals surface area contributed by atoms with Crippen LogP contribution >= 0.6 is 11.6 Å². The molecule has 5 nitrogen and oxygen atoms in total. The van der Waals surface area contributed by atoms with E-state index < -0.39 is 23.1 Å². The normalized spacial score (nSPS) is 12.5. The molecular formula is C15H17ClFN3O2S. The number of nitrogens with one attached hydrogen (secondary N) is 2. The summed E-state index contributed by atoms with van der Waals surface area (Å²) in [5.74, 6) is -0.955. The van der Waals surface area contributed by atoms with Crippen molar-refractivity contribution in [1.29, 1.82) is 0 Å². The van der Waals surface area contributed by atoms with E-state index in [9.17, 15) is 13.7 Å². The number of carbonyl (C=O) groups excluding carboxylic acids is 1. The standard InChI is InChI=1S/C15H17ClFN3O2S/c1-9(2)19-23(22)11-7-14(20(3)8-11)15(21)18-10-4-5-13(17)12(16)6-10/h4-9,19H,1-3H3,(H,18,21). The summed E-state index contributed by atoms with van der Waals surface area (Å²) in [6.45, 7) is 3.76. The lowest BCUT2D eigenvalue weighted by Gasteiger charge is -2.10. The molecule has 124 valence electrons. The molecule has 0 bridgehead atoms. The summed E-state index contributed by atoms with van der Waals surface area (Å²) < 4.78 is 29.7. The molecule has 0 saturated heterocycles. The molecule has 1 aromatic carbocycles. The van der Waals surface area contributed by atoms with Gasteiger partial charge in [0.2, 0.25) is 0 Å². The maximum Gasteiger partial charge on any atom is 0.272 e. The van der Waals surface area contributed by atoms with Crippen molar-refractivity contribution in [3.63, 3.8) is 0 Å². The number of halogens is 2. The van der Waals surface area contributed by atoms with Crippen molar-refractivity contribution < 1.29 is 13.7 Å². The minimum atomic E-state index is -1.39. The van der Waals surface area contributed by atoms with Crippen LogP contribution in [0.3, 0.4) is 0 Å². The molecule has 0 fully saturated rings. The topological polar surface area (TPSA) is 69.1 Å². The summed E-state index contributed by atoms with van der Waals surface area (Å²) in [6.07, 6.45) is 1.62. The molecule has 1 unspecified atom stereocenters. The average Bonchev–Trinajstić information content (AvgIpc) is 2.84. The second-order valence-corrected chi connectivity index (χ2v) is 6.95. The van der Waals surface area contributed by atoms with E-state index in [0.29, 0.717) is 16.3 Å². The number of benzene rings is 1. The van der Waals surface area contributed by atoms with Gasteiger partial charge in [-0.05, 0) is 32.0 Å². The Morgan fingerprint density at radius 1 is 1.39 bits per heavy atom. The molecule has 0 aliphatic rings. The summed E-state index contributed by atoms with van der Waals surface area (Å²) in [6, 6.07) is 5.52. The molecule has 2 rings (SSSR count). The van der Waals surface area contributed by atoms with Crippen LogP contribution in [0.2, 0.25) is 5.02 Å². The highest BCUT2D eigenvalue weighted by molar-refractivity contribution is 7.89. The molecule has 0 radical (unpaired) electrons. The number of nitrogens with zero attached hydrogens (tertiary/aromatic N) is 1. The number of hydrogen-bond acceptors (Lipinski definition) is 3. The van der Waals surface area contributed by atoms with Crippen LogP contribution in [-0.2, 0) is 18.4 Å². The number of amides is 1. The van der Waals surface area contributed by atoms with Crippen LogP contribution in [0.25, 0.3) is 0 Å².